The van der Waals surface area contributed by atoms with Gasteiger partial charge in [0.2, 0.25) is 0 Å². The Morgan fingerprint density at radius 2 is 1.72 bits per heavy atom. The van der Waals surface area contributed by atoms with Crippen LogP contribution in [0, 0.1) is 12.7 Å². The van der Waals surface area contributed by atoms with Gasteiger partial charge in [0.15, 0.2) is 0 Å². The van der Waals surface area contributed by atoms with E-state index < -0.39 is 11.8 Å². The van der Waals surface area contributed by atoms with Gasteiger partial charge in [-0.05, 0) is 53.4 Å². The van der Waals surface area contributed by atoms with E-state index in [1.807, 2.05) is 54.6 Å². The number of hydrogen-bond acceptors (Lipinski definition) is 2. The predicted octanol–water partition coefficient (Wildman–Crippen LogP) is 5.08. The maximum Gasteiger partial charge on any atom is 0.338 e. The van der Waals surface area contributed by atoms with Gasteiger partial charge in [0.1, 0.15) is 18.2 Å². The van der Waals surface area contributed by atoms with Crippen LogP contribution in [0.4, 0.5) is 4.39 Å². The number of benzene rings is 3. The van der Waals surface area contributed by atoms with E-state index in [4.69, 9.17) is 9.84 Å². The monoisotopic (exact) mass is 336 g/mol. The summed E-state index contributed by atoms with van der Waals surface area (Å²) in [6, 6.07) is 19.8. The van der Waals surface area contributed by atoms with E-state index in [0.29, 0.717) is 23.5 Å². The van der Waals surface area contributed by atoms with Crippen LogP contribution in [0.15, 0.2) is 66.7 Å². The van der Waals surface area contributed by atoms with Crippen molar-refractivity contribution < 1.29 is 19.0 Å². The van der Waals surface area contributed by atoms with Gasteiger partial charge >= 0.3 is 5.97 Å². The van der Waals surface area contributed by atoms with E-state index in [0.717, 1.165) is 11.1 Å². The molecule has 0 saturated heterocycles. The molecule has 0 amide bonds. The maximum absolute atomic E-state index is 13.7. The van der Waals surface area contributed by atoms with Gasteiger partial charge in [0.25, 0.3) is 0 Å². The largest absolute Gasteiger partial charge is 0.489 e. The molecule has 126 valence electrons. The number of carbonyl (C=O) groups is 1. The molecule has 0 aliphatic carbocycles. The molecule has 3 aromatic rings. The van der Waals surface area contributed by atoms with Gasteiger partial charge < -0.3 is 9.84 Å². The van der Waals surface area contributed by atoms with Crippen LogP contribution in [-0.2, 0) is 6.61 Å². The molecular weight excluding hydrogens is 319 g/mol. The summed E-state index contributed by atoms with van der Waals surface area (Å²) in [5, 5.41) is 9.09. The second-order valence-corrected chi connectivity index (χ2v) is 5.75. The molecule has 0 aromatic heterocycles. The molecule has 1 N–H and O–H groups in total. The Hall–Kier alpha value is -3.14. The number of hydrogen-bond donors (Lipinski definition) is 1. The highest BCUT2D eigenvalue weighted by atomic mass is 19.1. The molecule has 0 fully saturated rings. The molecule has 0 radical (unpaired) electrons. The lowest BCUT2D eigenvalue weighted by atomic mass is 9.97. The Morgan fingerprint density at radius 3 is 2.36 bits per heavy atom. The summed E-state index contributed by atoms with van der Waals surface area (Å²) >= 11 is 0. The molecule has 0 saturated carbocycles. The Balaban J connectivity index is 1.80. The van der Waals surface area contributed by atoms with Crippen LogP contribution in [-0.4, -0.2) is 11.1 Å². The minimum absolute atomic E-state index is 0.329. The van der Waals surface area contributed by atoms with Gasteiger partial charge in [-0.25, -0.2) is 9.18 Å². The van der Waals surface area contributed by atoms with Crippen molar-refractivity contribution in [3.05, 3.63) is 89.2 Å². The first-order chi connectivity index (χ1) is 12.0. The average Bonchev–Trinajstić information content (AvgIpc) is 2.61. The van der Waals surface area contributed by atoms with E-state index in [1.54, 1.807) is 6.92 Å². The highest BCUT2D eigenvalue weighted by Gasteiger charge is 2.14. The summed E-state index contributed by atoms with van der Waals surface area (Å²) in [5.41, 5.74) is 2.93. The van der Waals surface area contributed by atoms with Crippen LogP contribution in [0.3, 0.4) is 0 Å². The summed E-state index contributed by atoms with van der Waals surface area (Å²) in [5.74, 6) is -1.29. The molecule has 25 heavy (non-hydrogen) atoms. The number of carboxylic acid groups (broad SMARTS) is 1. The fourth-order valence-electron chi connectivity index (χ4n) is 2.62. The first-order valence-corrected chi connectivity index (χ1v) is 7.85. The van der Waals surface area contributed by atoms with Crippen LogP contribution in [0.25, 0.3) is 11.1 Å². The molecular formula is C21H17FO3. The summed E-state index contributed by atoms with van der Waals surface area (Å²) < 4.78 is 19.5. The molecule has 0 unspecified atom stereocenters. The molecule has 3 nitrogen and oxygen atoms in total. The second-order valence-electron chi connectivity index (χ2n) is 5.75. The lowest BCUT2D eigenvalue weighted by Crippen LogP contribution is -2.02. The van der Waals surface area contributed by atoms with Gasteiger partial charge in [-0.3, -0.25) is 0 Å². The van der Waals surface area contributed by atoms with Crippen molar-refractivity contribution in [1.29, 1.82) is 0 Å². The van der Waals surface area contributed by atoms with Crippen LogP contribution >= 0.6 is 0 Å². The molecule has 0 spiro atoms. The predicted molar refractivity (Wildman–Crippen MR) is 94.3 cm³/mol. The SMILES string of the molecule is Cc1cc(F)c(C(=O)O)cc1-c1ccc(OCc2ccccc2)cc1. The zero-order valence-electron chi connectivity index (χ0n) is 13.7. The minimum atomic E-state index is -1.28. The van der Waals surface area contributed by atoms with Gasteiger partial charge in [0.05, 0.1) is 5.56 Å². The minimum Gasteiger partial charge on any atom is -0.489 e. The molecule has 3 aromatic carbocycles. The van der Waals surface area contributed by atoms with Gasteiger partial charge in [-0.1, -0.05) is 42.5 Å². The zero-order chi connectivity index (χ0) is 17.8. The standard InChI is InChI=1S/C21H17FO3/c1-14-11-20(22)19(21(23)24)12-18(14)16-7-9-17(10-8-16)25-13-15-5-3-2-4-6-15/h2-12H,13H2,1H3,(H,23,24). The Bertz CT molecular complexity index is 887. The van der Waals surface area contributed by atoms with Crippen LogP contribution in [0.1, 0.15) is 21.5 Å². The van der Waals surface area contributed by atoms with Crippen LogP contribution in [0.5, 0.6) is 5.75 Å². The fourth-order valence-corrected chi connectivity index (χ4v) is 2.62. The summed E-state index contributed by atoms with van der Waals surface area (Å²) in [6.45, 7) is 2.22. The van der Waals surface area contributed by atoms with Crippen molar-refractivity contribution >= 4 is 5.97 Å². The lowest BCUT2D eigenvalue weighted by Gasteiger charge is -2.10. The third-order valence-corrected chi connectivity index (χ3v) is 3.96. The third kappa shape index (κ3) is 3.86. The number of halogens is 1. The average molecular weight is 336 g/mol. The summed E-state index contributed by atoms with van der Waals surface area (Å²) in [7, 11) is 0. The number of aromatic carboxylic acids is 1. The van der Waals surface area contributed by atoms with Gasteiger partial charge in [0, 0.05) is 0 Å². The van der Waals surface area contributed by atoms with Crippen molar-refractivity contribution in [1.82, 2.24) is 0 Å². The number of rotatable bonds is 5. The van der Waals surface area contributed by atoms with E-state index >= 15 is 0 Å². The molecule has 0 aliphatic heterocycles. The Kier molecular flexibility index (Phi) is 4.80. The zero-order valence-corrected chi connectivity index (χ0v) is 13.7. The van der Waals surface area contributed by atoms with E-state index in [9.17, 15) is 9.18 Å². The molecule has 0 bridgehead atoms. The van der Waals surface area contributed by atoms with Crippen LogP contribution in [0.2, 0.25) is 0 Å². The van der Waals surface area contributed by atoms with Crippen molar-refractivity contribution in [2.75, 3.05) is 0 Å². The van der Waals surface area contributed by atoms with Gasteiger partial charge in [-0.15, -0.1) is 0 Å². The van der Waals surface area contributed by atoms with E-state index in [-0.39, 0.29) is 5.56 Å². The third-order valence-electron chi connectivity index (χ3n) is 3.96. The van der Waals surface area contributed by atoms with Crippen molar-refractivity contribution in [3.63, 3.8) is 0 Å². The van der Waals surface area contributed by atoms with E-state index in [2.05, 4.69) is 0 Å². The fraction of sp³-hybridized carbons (Fsp3) is 0.0952. The number of ether oxygens (including phenoxy) is 1. The van der Waals surface area contributed by atoms with Crippen LogP contribution < -0.4 is 4.74 Å². The molecule has 4 heteroatoms. The second kappa shape index (κ2) is 7.18. The Labute approximate surface area is 145 Å². The van der Waals surface area contributed by atoms with Crippen molar-refractivity contribution in [2.24, 2.45) is 0 Å². The lowest BCUT2D eigenvalue weighted by molar-refractivity contribution is 0.0692. The van der Waals surface area contributed by atoms with Gasteiger partial charge in [-0.2, -0.15) is 0 Å². The first-order valence-electron chi connectivity index (χ1n) is 7.85. The van der Waals surface area contributed by atoms with E-state index in [1.165, 1.54) is 12.1 Å². The maximum atomic E-state index is 13.7. The van der Waals surface area contributed by atoms with Crippen molar-refractivity contribution in [3.8, 4) is 16.9 Å². The smallest absolute Gasteiger partial charge is 0.338 e. The molecule has 3 rings (SSSR count). The molecule has 0 heterocycles. The normalized spacial score (nSPS) is 10.5. The highest BCUT2D eigenvalue weighted by molar-refractivity contribution is 5.90. The quantitative estimate of drug-likeness (QED) is 0.707. The molecule has 0 atom stereocenters. The topological polar surface area (TPSA) is 46.5 Å². The number of carboxylic acids is 1. The number of aryl methyl sites for hydroxylation is 1. The Morgan fingerprint density at radius 1 is 1.04 bits per heavy atom. The first kappa shape index (κ1) is 16.7. The van der Waals surface area contributed by atoms with Crippen molar-refractivity contribution in [2.45, 2.75) is 13.5 Å². The molecule has 0 aliphatic rings. The highest BCUT2D eigenvalue weighted by Crippen LogP contribution is 2.28. The summed E-state index contributed by atoms with van der Waals surface area (Å²) in [6.07, 6.45) is 0. The summed E-state index contributed by atoms with van der Waals surface area (Å²) in [4.78, 5) is 11.1.